The monoisotopic (exact) mass is 429 g/mol. The van der Waals surface area contributed by atoms with E-state index >= 15 is 0 Å². The molecule has 0 saturated carbocycles. The Morgan fingerprint density at radius 1 is 1.14 bits per heavy atom. The first-order chi connectivity index (χ1) is 14.0. The molecule has 29 heavy (non-hydrogen) atoms. The summed E-state index contributed by atoms with van der Waals surface area (Å²) in [5.74, 6) is -0.206. The van der Waals surface area contributed by atoms with Crippen LogP contribution >= 0.6 is 23.2 Å². The van der Waals surface area contributed by atoms with Crippen LogP contribution in [-0.2, 0) is 9.59 Å². The van der Waals surface area contributed by atoms with Crippen molar-refractivity contribution in [2.24, 2.45) is 5.92 Å². The van der Waals surface area contributed by atoms with Gasteiger partial charge in [-0.05, 0) is 54.7 Å². The lowest BCUT2D eigenvalue weighted by atomic mass is 9.74. The highest BCUT2D eigenvalue weighted by molar-refractivity contribution is 6.30. The van der Waals surface area contributed by atoms with Crippen LogP contribution in [0.1, 0.15) is 49.3 Å². The maximum absolute atomic E-state index is 13.4. The molecule has 2 aromatic rings. The number of carbonyl (C=O) groups excluding carboxylic acids is 2. The SMILES string of the molecule is C=CC[C@@H]1C[C@H](c2cccc(Cl)c2)C(c2ccc(Cl)cc2)N([C@H](C=O)CC)C1=O. The zero-order valence-corrected chi connectivity index (χ0v) is 17.9. The Hall–Kier alpha value is -2.10. The molecule has 1 heterocycles. The topological polar surface area (TPSA) is 37.4 Å². The third-order valence-electron chi connectivity index (χ3n) is 5.70. The molecule has 1 fully saturated rings. The van der Waals surface area contributed by atoms with E-state index in [4.69, 9.17) is 23.2 Å². The van der Waals surface area contributed by atoms with Gasteiger partial charge >= 0.3 is 0 Å². The normalized spacial score (nSPS) is 22.9. The number of hydrogen-bond donors (Lipinski definition) is 0. The fourth-order valence-electron chi connectivity index (χ4n) is 4.31. The van der Waals surface area contributed by atoms with Crippen LogP contribution in [0.15, 0.2) is 61.2 Å². The van der Waals surface area contributed by atoms with E-state index in [0.29, 0.717) is 29.3 Å². The second-order valence-corrected chi connectivity index (χ2v) is 8.34. The van der Waals surface area contributed by atoms with Crippen molar-refractivity contribution in [1.29, 1.82) is 0 Å². The van der Waals surface area contributed by atoms with Gasteiger partial charge in [0, 0.05) is 21.9 Å². The van der Waals surface area contributed by atoms with E-state index < -0.39 is 6.04 Å². The van der Waals surface area contributed by atoms with Crippen LogP contribution in [-0.4, -0.2) is 23.1 Å². The minimum absolute atomic E-state index is 0.00192. The first-order valence-corrected chi connectivity index (χ1v) is 10.6. The molecular formula is C24H25Cl2NO2. The summed E-state index contributed by atoms with van der Waals surface area (Å²) in [5, 5.41) is 1.29. The Bertz CT molecular complexity index is 881. The van der Waals surface area contributed by atoms with E-state index in [1.807, 2.05) is 55.5 Å². The number of benzene rings is 2. The second kappa shape index (κ2) is 9.60. The predicted molar refractivity (Wildman–Crippen MR) is 118 cm³/mol. The third-order valence-corrected chi connectivity index (χ3v) is 6.18. The first kappa shape index (κ1) is 21.6. The smallest absolute Gasteiger partial charge is 0.227 e. The zero-order chi connectivity index (χ0) is 21.0. The van der Waals surface area contributed by atoms with E-state index in [9.17, 15) is 9.59 Å². The quantitative estimate of drug-likeness (QED) is 0.386. The third kappa shape index (κ3) is 4.57. The molecule has 4 atom stereocenters. The van der Waals surface area contributed by atoms with Gasteiger partial charge in [-0.25, -0.2) is 0 Å². The van der Waals surface area contributed by atoms with Gasteiger partial charge in [0.1, 0.15) is 6.29 Å². The molecule has 2 aromatic carbocycles. The average molecular weight is 430 g/mol. The summed E-state index contributed by atoms with van der Waals surface area (Å²) in [6, 6.07) is 14.5. The van der Waals surface area contributed by atoms with Crippen LogP contribution in [0.25, 0.3) is 0 Å². The van der Waals surface area contributed by atoms with Gasteiger partial charge in [0.15, 0.2) is 0 Å². The van der Waals surface area contributed by atoms with Crippen molar-refractivity contribution in [2.45, 2.75) is 44.2 Å². The number of nitrogens with zero attached hydrogens (tertiary/aromatic N) is 1. The average Bonchev–Trinajstić information content (AvgIpc) is 2.72. The van der Waals surface area contributed by atoms with E-state index in [0.717, 1.165) is 17.4 Å². The molecule has 0 radical (unpaired) electrons. The van der Waals surface area contributed by atoms with Crippen LogP contribution in [0, 0.1) is 5.92 Å². The van der Waals surface area contributed by atoms with Crippen molar-refractivity contribution in [3.05, 3.63) is 82.4 Å². The van der Waals surface area contributed by atoms with Crippen LogP contribution in [0.5, 0.6) is 0 Å². The summed E-state index contributed by atoms with van der Waals surface area (Å²) < 4.78 is 0. The molecule has 1 saturated heterocycles. The van der Waals surface area contributed by atoms with Crippen LogP contribution in [0.2, 0.25) is 10.0 Å². The molecule has 1 aliphatic rings. The first-order valence-electron chi connectivity index (χ1n) is 9.89. The molecule has 1 unspecified atom stereocenters. The van der Waals surface area contributed by atoms with Crippen molar-refractivity contribution in [3.63, 3.8) is 0 Å². The van der Waals surface area contributed by atoms with Gasteiger partial charge < -0.3 is 9.69 Å². The number of piperidine rings is 1. The number of rotatable bonds is 7. The number of allylic oxidation sites excluding steroid dienone is 1. The molecular weight excluding hydrogens is 405 g/mol. The molecule has 1 aliphatic heterocycles. The van der Waals surface area contributed by atoms with Crippen LogP contribution < -0.4 is 0 Å². The summed E-state index contributed by atoms with van der Waals surface area (Å²) >= 11 is 12.4. The van der Waals surface area contributed by atoms with Crippen molar-refractivity contribution in [3.8, 4) is 0 Å². The number of likely N-dealkylation sites (tertiary alicyclic amines) is 1. The standard InChI is InChI=1S/C24H25Cl2NO2/c1-3-6-18-14-22(17-7-5-8-20(26)13-17)23(16-9-11-19(25)12-10-16)27(24(18)29)21(4-2)15-28/h3,5,7-13,15,18,21-23H,1,4,6,14H2,2H3/t18-,21+,22-,23?/m1/s1. The number of halogens is 2. The molecule has 0 aliphatic carbocycles. The van der Waals surface area contributed by atoms with Crippen molar-refractivity contribution in [2.75, 3.05) is 0 Å². The van der Waals surface area contributed by atoms with E-state index in [1.54, 1.807) is 11.0 Å². The summed E-state index contributed by atoms with van der Waals surface area (Å²) in [4.78, 5) is 27.1. The predicted octanol–water partition coefficient (Wildman–Crippen LogP) is 6.22. The Morgan fingerprint density at radius 3 is 2.45 bits per heavy atom. The molecule has 0 bridgehead atoms. The Morgan fingerprint density at radius 2 is 1.86 bits per heavy atom. The lowest BCUT2D eigenvalue weighted by molar-refractivity contribution is -0.148. The minimum Gasteiger partial charge on any atom is -0.325 e. The lowest BCUT2D eigenvalue weighted by Gasteiger charge is -2.47. The van der Waals surface area contributed by atoms with Crippen molar-refractivity contribution >= 4 is 35.4 Å². The number of carbonyl (C=O) groups is 2. The van der Waals surface area contributed by atoms with Crippen molar-refractivity contribution in [1.82, 2.24) is 4.90 Å². The molecule has 0 N–H and O–H groups in total. The van der Waals surface area contributed by atoms with E-state index in [-0.39, 0.29) is 23.8 Å². The molecule has 0 aromatic heterocycles. The molecule has 0 spiro atoms. The molecule has 3 nitrogen and oxygen atoms in total. The van der Waals surface area contributed by atoms with Gasteiger partial charge in [0.25, 0.3) is 0 Å². The van der Waals surface area contributed by atoms with Gasteiger partial charge in [-0.15, -0.1) is 6.58 Å². The number of hydrogen-bond acceptors (Lipinski definition) is 2. The van der Waals surface area contributed by atoms with Gasteiger partial charge in [0.2, 0.25) is 5.91 Å². The minimum atomic E-state index is -0.488. The van der Waals surface area contributed by atoms with Crippen molar-refractivity contribution < 1.29 is 9.59 Å². The summed E-state index contributed by atoms with van der Waals surface area (Å²) in [7, 11) is 0. The zero-order valence-electron chi connectivity index (χ0n) is 16.4. The van der Waals surface area contributed by atoms with Gasteiger partial charge in [-0.3, -0.25) is 4.79 Å². The van der Waals surface area contributed by atoms with E-state index in [1.165, 1.54) is 0 Å². The molecule has 5 heteroatoms. The number of amides is 1. The Balaban J connectivity index is 2.17. The Kier molecular flexibility index (Phi) is 7.15. The largest absolute Gasteiger partial charge is 0.325 e. The fraction of sp³-hybridized carbons (Fsp3) is 0.333. The molecule has 3 rings (SSSR count). The fourth-order valence-corrected chi connectivity index (χ4v) is 4.64. The second-order valence-electron chi connectivity index (χ2n) is 7.47. The summed E-state index contributed by atoms with van der Waals surface area (Å²) in [6.45, 7) is 5.75. The highest BCUT2D eigenvalue weighted by Crippen LogP contribution is 2.47. The van der Waals surface area contributed by atoms with Crippen LogP contribution in [0.3, 0.4) is 0 Å². The highest BCUT2D eigenvalue weighted by atomic mass is 35.5. The lowest BCUT2D eigenvalue weighted by Crippen LogP contribution is -2.52. The Labute approximate surface area is 182 Å². The van der Waals surface area contributed by atoms with E-state index in [2.05, 4.69) is 6.58 Å². The van der Waals surface area contributed by atoms with Gasteiger partial charge in [-0.2, -0.15) is 0 Å². The molecule has 1 amide bonds. The summed E-state index contributed by atoms with van der Waals surface area (Å²) in [5.41, 5.74) is 2.02. The maximum Gasteiger partial charge on any atom is 0.227 e. The summed E-state index contributed by atoms with van der Waals surface area (Å²) in [6.07, 6.45) is 4.47. The van der Waals surface area contributed by atoms with Gasteiger partial charge in [-0.1, -0.05) is 60.5 Å². The number of aldehydes is 1. The van der Waals surface area contributed by atoms with Crippen LogP contribution in [0.4, 0.5) is 0 Å². The maximum atomic E-state index is 13.4. The molecule has 152 valence electrons. The highest BCUT2D eigenvalue weighted by Gasteiger charge is 2.45. The van der Waals surface area contributed by atoms with Gasteiger partial charge in [0.05, 0.1) is 12.1 Å².